The Morgan fingerprint density at radius 2 is 2.35 bits per heavy atom. The maximum Gasteiger partial charge on any atom is 0.223 e. The van der Waals surface area contributed by atoms with Crippen LogP contribution in [0.25, 0.3) is 0 Å². The Labute approximate surface area is 104 Å². The number of hydrogen-bond acceptors (Lipinski definition) is 5. The van der Waals surface area contributed by atoms with E-state index >= 15 is 0 Å². The van der Waals surface area contributed by atoms with Crippen LogP contribution < -0.4 is 5.32 Å². The van der Waals surface area contributed by atoms with E-state index in [2.05, 4.69) is 21.5 Å². The summed E-state index contributed by atoms with van der Waals surface area (Å²) in [5.74, 6) is 1.35. The fourth-order valence-corrected chi connectivity index (χ4v) is 3.42. The molecule has 0 saturated heterocycles. The molecular weight excluding hydrogens is 234 g/mol. The molecule has 0 radical (unpaired) electrons. The number of nitrogens with one attached hydrogen (secondary N) is 1. The minimum Gasteiger partial charge on any atom is -0.340 e. The molecule has 2 aromatic rings. The quantitative estimate of drug-likeness (QED) is 0.902. The van der Waals surface area contributed by atoms with Gasteiger partial charge in [0.2, 0.25) is 5.89 Å². The standard InChI is InChI=1S/C12H15N3OS/c1-8-14-12(15-16-8)7-13-6-10-5-9-3-2-4-11(9)17-10/h5,13H,2-4,6-7H2,1H3. The third-order valence-corrected chi connectivity index (χ3v) is 4.19. The van der Waals surface area contributed by atoms with Crippen LogP contribution in [0.2, 0.25) is 0 Å². The van der Waals surface area contributed by atoms with Crippen molar-refractivity contribution in [2.24, 2.45) is 0 Å². The van der Waals surface area contributed by atoms with Crippen molar-refractivity contribution >= 4 is 11.3 Å². The predicted octanol–water partition coefficient (Wildman–Crippen LogP) is 2.22. The van der Waals surface area contributed by atoms with E-state index in [1.54, 1.807) is 17.4 Å². The van der Waals surface area contributed by atoms with E-state index in [0.29, 0.717) is 12.4 Å². The average Bonchev–Trinajstić information content (AvgIpc) is 2.94. The lowest BCUT2D eigenvalue weighted by Gasteiger charge is -1.98. The van der Waals surface area contributed by atoms with E-state index < -0.39 is 0 Å². The van der Waals surface area contributed by atoms with Crippen molar-refractivity contribution in [1.82, 2.24) is 15.5 Å². The van der Waals surface area contributed by atoms with Crippen LogP contribution >= 0.6 is 11.3 Å². The third kappa shape index (κ3) is 2.40. The highest BCUT2D eigenvalue weighted by molar-refractivity contribution is 7.12. The summed E-state index contributed by atoms with van der Waals surface area (Å²) in [6, 6.07) is 2.33. The second kappa shape index (κ2) is 4.58. The Balaban J connectivity index is 1.54. The molecule has 3 rings (SSSR count). The minimum atomic E-state index is 0.622. The molecule has 17 heavy (non-hydrogen) atoms. The molecule has 0 spiro atoms. The van der Waals surface area contributed by atoms with Crippen LogP contribution in [0, 0.1) is 6.92 Å². The topological polar surface area (TPSA) is 51.0 Å². The fraction of sp³-hybridized carbons (Fsp3) is 0.500. The predicted molar refractivity (Wildman–Crippen MR) is 65.9 cm³/mol. The number of thiophene rings is 1. The second-order valence-electron chi connectivity index (χ2n) is 4.35. The number of hydrogen-bond donors (Lipinski definition) is 1. The van der Waals surface area contributed by atoms with Gasteiger partial charge in [-0.25, -0.2) is 0 Å². The molecule has 4 nitrogen and oxygen atoms in total. The van der Waals surface area contributed by atoms with Gasteiger partial charge in [0.1, 0.15) is 0 Å². The van der Waals surface area contributed by atoms with Gasteiger partial charge in [0.25, 0.3) is 0 Å². The summed E-state index contributed by atoms with van der Waals surface area (Å²) in [6.07, 6.45) is 3.86. The van der Waals surface area contributed by atoms with Gasteiger partial charge in [-0.05, 0) is 30.9 Å². The maximum atomic E-state index is 4.92. The summed E-state index contributed by atoms with van der Waals surface area (Å²) in [5, 5.41) is 7.20. The van der Waals surface area contributed by atoms with E-state index in [-0.39, 0.29) is 0 Å². The molecule has 0 aromatic carbocycles. The van der Waals surface area contributed by atoms with E-state index in [9.17, 15) is 0 Å². The summed E-state index contributed by atoms with van der Waals surface area (Å²) in [4.78, 5) is 7.15. The normalized spacial score (nSPS) is 14.2. The van der Waals surface area contributed by atoms with Crippen LogP contribution in [0.15, 0.2) is 10.6 Å². The van der Waals surface area contributed by atoms with E-state index in [0.717, 1.165) is 12.4 Å². The summed E-state index contributed by atoms with van der Waals surface area (Å²) < 4.78 is 4.92. The van der Waals surface area contributed by atoms with Gasteiger partial charge in [0.05, 0.1) is 6.54 Å². The fourth-order valence-electron chi connectivity index (χ4n) is 2.19. The zero-order valence-electron chi connectivity index (χ0n) is 9.82. The van der Waals surface area contributed by atoms with Crippen LogP contribution in [0.3, 0.4) is 0 Å². The van der Waals surface area contributed by atoms with Crippen LogP contribution in [-0.4, -0.2) is 10.1 Å². The number of aromatic nitrogens is 2. The van der Waals surface area contributed by atoms with Gasteiger partial charge in [-0.1, -0.05) is 5.16 Å². The van der Waals surface area contributed by atoms with E-state index in [1.807, 2.05) is 11.3 Å². The molecule has 0 aliphatic heterocycles. The smallest absolute Gasteiger partial charge is 0.223 e. The molecule has 2 aromatic heterocycles. The highest BCUT2D eigenvalue weighted by Gasteiger charge is 2.14. The van der Waals surface area contributed by atoms with Crippen molar-refractivity contribution < 1.29 is 4.52 Å². The minimum absolute atomic E-state index is 0.622. The lowest BCUT2D eigenvalue weighted by Crippen LogP contribution is -2.12. The summed E-state index contributed by atoms with van der Waals surface area (Å²) in [7, 11) is 0. The number of nitrogens with zero attached hydrogens (tertiary/aromatic N) is 2. The summed E-state index contributed by atoms with van der Waals surface area (Å²) in [5.41, 5.74) is 1.56. The van der Waals surface area contributed by atoms with Crippen molar-refractivity contribution in [2.45, 2.75) is 39.3 Å². The maximum absolute atomic E-state index is 4.92. The molecule has 0 fully saturated rings. The van der Waals surface area contributed by atoms with Crippen LogP contribution in [0.4, 0.5) is 0 Å². The Kier molecular flexibility index (Phi) is 2.94. The van der Waals surface area contributed by atoms with Crippen molar-refractivity contribution in [3.8, 4) is 0 Å². The third-order valence-electron chi connectivity index (χ3n) is 2.95. The van der Waals surface area contributed by atoms with Gasteiger partial charge in [0, 0.05) is 23.2 Å². The molecule has 0 atom stereocenters. The van der Waals surface area contributed by atoms with Crippen molar-refractivity contribution in [2.75, 3.05) is 0 Å². The molecule has 1 aliphatic rings. The molecule has 5 heteroatoms. The van der Waals surface area contributed by atoms with Gasteiger partial charge in [0.15, 0.2) is 5.82 Å². The van der Waals surface area contributed by atoms with E-state index in [1.165, 1.54) is 24.1 Å². The highest BCUT2D eigenvalue weighted by atomic mass is 32.1. The molecule has 90 valence electrons. The monoisotopic (exact) mass is 249 g/mol. The Bertz CT molecular complexity index is 496. The van der Waals surface area contributed by atoms with Gasteiger partial charge in [-0.2, -0.15) is 4.98 Å². The first kappa shape index (κ1) is 10.9. The zero-order chi connectivity index (χ0) is 11.7. The largest absolute Gasteiger partial charge is 0.340 e. The average molecular weight is 249 g/mol. The molecule has 1 N–H and O–H groups in total. The number of rotatable bonds is 4. The lowest BCUT2D eigenvalue weighted by molar-refractivity contribution is 0.385. The molecule has 0 amide bonds. The zero-order valence-corrected chi connectivity index (χ0v) is 10.6. The Morgan fingerprint density at radius 3 is 3.12 bits per heavy atom. The van der Waals surface area contributed by atoms with Crippen molar-refractivity contribution in [1.29, 1.82) is 0 Å². The lowest BCUT2D eigenvalue weighted by atomic mass is 10.2. The molecule has 2 heterocycles. The van der Waals surface area contributed by atoms with Crippen LogP contribution in [-0.2, 0) is 25.9 Å². The molecule has 1 aliphatic carbocycles. The first-order valence-corrected chi connectivity index (χ1v) is 6.73. The molecular formula is C12H15N3OS. The summed E-state index contributed by atoms with van der Waals surface area (Å²) in [6.45, 7) is 3.37. The SMILES string of the molecule is Cc1nc(CNCc2cc3c(s2)CCC3)no1. The second-order valence-corrected chi connectivity index (χ2v) is 5.57. The van der Waals surface area contributed by atoms with Gasteiger partial charge in [-0.15, -0.1) is 11.3 Å². The number of aryl methyl sites for hydroxylation is 3. The van der Waals surface area contributed by atoms with Crippen LogP contribution in [0.1, 0.15) is 33.5 Å². The molecule has 0 bridgehead atoms. The van der Waals surface area contributed by atoms with Crippen molar-refractivity contribution in [3.05, 3.63) is 33.1 Å². The first-order chi connectivity index (χ1) is 8.31. The summed E-state index contributed by atoms with van der Waals surface area (Å²) >= 11 is 1.94. The van der Waals surface area contributed by atoms with Crippen molar-refractivity contribution in [3.63, 3.8) is 0 Å². The first-order valence-electron chi connectivity index (χ1n) is 5.91. The Morgan fingerprint density at radius 1 is 1.41 bits per heavy atom. The van der Waals surface area contributed by atoms with Gasteiger partial charge < -0.3 is 9.84 Å². The van der Waals surface area contributed by atoms with E-state index in [4.69, 9.17) is 4.52 Å². The van der Waals surface area contributed by atoms with Gasteiger partial charge >= 0.3 is 0 Å². The molecule has 0 unspecified atom stereocenters. The number of fused-ring (bicyclic) bond motifs is 1. The van der Waals surface area contributed by atoms with Crippen LogP contribution in [0.5, 0.6) is 0 Å². The van der Waals surface area contributed by atoms with Gasteiger partial charge in [-0.3, -0.25) is 0 Å². The highest BCUT2D eigenvalue weighted by Crippen LogP contribution is 2.30. The Hall–Kier alpha value is -1.20. The molecule has 0 saturated carbocycles.